The maximum Gasteiger partial charge on any atom is 0.324 e. The summed E-state index contributed by atoms with van der Waals surface area (Å²) in [6.07, 6.45) is 0. The molecule has 1 unspecified atom stereocenters. The summed E-state index contributed by atoms with van der Waals surface area (Å²) in [4.78, 5) is 6.17. The van der Waals surface area contributed by atoms with Gasteiger partial charge in [0, 0.05) is 28.6 Å². The van der Waals surface area contributed by atoms with Gasteiger partial charge in [-0.3, -0.25) is 4.57 Å². The smallest absolute Gasteiger partial charge is 0.324 e. The van der Waals surface area contributed by atoms with Crippen LogP contribution in [0.5, 0.6) is 0 Å². The van der Waals surface area contributed by atoms with Gasteiger partial charge in [0.1, 0.15) is 0 Å². The second-order valence-corrected chi connectivity index (χ2v) is 5.82. The maximum absolute atomic E-state index is 12.7. The molecule has 1 aromatic rings. The lowest BCUT2D eigenvalue weighted by molar-refractivity contribution is 0.0722. The predicted octanol–water partition coefficient (Wildman–Crippen LogP) is 2.85. The zero-order chi connectivity index (χ0) is 12.8. The molecule has 1 atom stereocenters. The van der Waals surface area contributed by atoms with Crippen LogP contribution in [0.4, 0.5) is 5.69 Å². The minimum absolute atomic E-state index is 0.482. The van der Waals surface area contributed by atoms with E-state index in [0.717, 1.165) is 0 Å². The molecular formula is C10H14N5O2P. The van der Waals surface area contributed by atoms with E-state index in [1.807, 2.05) is 18.2 Å². The summed E-state index contributed by atoms with van der Waals surface area (Å²) in [7, 11) is -3.30. The Hall–Kier alpha value is -1.52. The Bertz CT molecular complexity index is 482. The van der Waals surface area contributed by atoms with Crippen LogP contribution in [0.15, 0.2) is 35.2 Å². The lowest BCUT2D eigenvalue weighted by atomic mass is 10.3. The molecule has 0 radical (unpaired) electrons. The molecule has 1 fully saturated rings. The molecule has 1 aliphatic rings. The van der Waals surface area contributed by atoms with E-state index in [4.69, 9.17) is 10.3 Å². The normalized spacial score (nSPS) is 19.6. The largest absolute Gasteiger partial charge is 0.379 e. The van der Waals surface area contributed by atoms with Gasteiger partial charge in [-0.25, -0.2) is 4.67 Å². The van der Waals surface area contributed by atoms with E-state index < -0.39 is 7.59 Å². The predicted molar refractivity (Wildman–Crippen MR) is 69.2 cm³/mol. The highest BCUT2D eigenvalue weighted by molar-refractivity contribution is 7.61. The molecule has 0 aliphatic carbocycles. The van der Waals surface area contributed by atoms with E-state index in [-0.39, 0.29) is 0 Å². The molecule has 18 heavy (non-hydrogen) atoms. The zero-order valence-electron chi connectivity index (χ0n) is 9.77. The highest BCUT2D eigenvalue weighted by Crippen LogP contribution is 2.51. The van der Waals surface area contributed by atoms with Gasteiger partial charge < -0.3 is 9.82 Å². The van der Waals surface area contributed by atoms with Crippen LogP contribution in [0.3, 0.4) is 0 Å². The number of azide groups is 1. The van der Waals surface area contributed by atoms with Gasteiger partial charge in [0.25, 0.3) is 0 Å². The third kappa shape index (κ3) is 3.03. The second kappa shape index (κ2) is 5.89. The number of morpholine rings is 1. The number of ether oxygens (including phenoxy) is 1. The van der Waals surface area contributed by atoms with Crippen molar-refractivity contribution >= 4 is 13.3 Å². The van der Waals surface area contributed by atoms with Crippen molar-refractivity contribution in [1.82, 2.24) is 4.67 Å². The van der Waals surface area contributed by atoms with Gasteiger partial charge in [0.15, 0.2) is 0 Å². The van der Waals surface area contributed by atoms with Gasteiger partial charge in [-0.1, -0.05) is 18.2 Å². The summed E-state index contributed by atoms with van der Waals surface area (Å²) in [6.45, 7) is 1.94. The van der Waals surface area contributed by atoms with Gasteiger partial charge in [0.2, 0.25) is 0 Å². The quantitative estimate of drug-likeness (QED) is 0.393. The standard InChI is InChI=1S/C10H14N5O2P/c11-13-14-18(16,15-6-8-17-9-7-15)12-10-4-2-1-3-5-10/h1-5H,6-9H2,(H,12,16). The highest BCUT2D eigenvalue weighted by Gasteiger charge is 2.31. The van der Waals surface area contributed by atoms with Crippen LogP contribution in [-0.2, 0) is 9.30 Å². The molecule has 0 saturated carbocycles. The fourth-order valence-electron chi connectivity index (χ4n) is 1.71. The molecule has 8 heteroatoms. The Labute approximate surface area is 105 Å². The number of hydrogen-bond donors (Lipinski definition) is 1. The van der Waals surface area contributed by atoms with Crippen LogP contribution >= 0.6 is 7.59 Å². The lowest BCUT2D eigenvalue weighted by Gasteiger charge is -2.31. The third-order valence-corrected chi connectivity index (χ3v) is 4.62. The molecule has 1 heterocycles. The van der Waals surface area contributed by atoms with Crippen molar-refractivity contribution in [2.24, 2.45) is 4.88 Å². The lowest BCUT2D eigenvalue weighted by Crippen LogP contribution is -2.34. The summed E-state index contributed by atoms with van der Waals surface area (Å²) < 4.78 is 19.5. The van der Waals surface area contributed by atoms with Crippen molar-refractivity contribution in [2.75, 3.05) is 31.4 Å². The first-order valence-electron chi connectivity index (χ1n) is 5.58. The number of nitrogens with one attached hydrogen (secondary N) is 1. The van der Waals surface area contributed by atoms with Crippen LogP contribution in [0, 0.1) is 0 Å². The first kappa shape index (κ1) is 12.9. The Morgan fingerprint density at radius 2 is 2.00 bits per heavy atom. The van der Waals surface area contributed by atoms with Gasteiger partial charge in [-0.2, -0.15) is 0 Å². The fourth-order valence-corrected chi connectivity index (χ4v) is 3.31. The molecular weight excluding hydrogens is 253 g/mol. The maximum atomic E-state index is 12.7. The number of para-hydroxylation sites is 1. The highest BCUT2D eigenvalue weighted by atomic mass is 31.2. The van der Waals surface area contributed by atoms with Gasteiger partial charge >= 0.3 is 7.59 Å². The summed E-state index contributed by atoms with van der Waals surface area (Å²) in [6, 6.07) is 9.06. The minimum atomic E-state index is -3.30. The molecule has 96 valence electrons. The first-order valence-corrected chi connectivity index (χ1v) is 7.19. The van der Waals surface area contributed by atoms with E-state index in [1.54, 1.807) is 16.8 Å². The van der Waals surface area contributed by atoms with Crippen LogP contribution in [0.1, 0.15) is 0 Å². The van der Waals surface area contributed by atoms with Crippen molar-refractivity contribution in [2.45, 2.75) is 0 Å². The third-order valence-electron chi connectivity index (χ3n) is 2.58. The van der Waals surface area contributed by atoms with E-state index >= 15 is 0 Å². The van der Waals surface area contributed by atoms with Crippen molar-refractivity contribution < 1.29 is 9.30 Å². The van der Waals surface area contributed by atoms with Crippen molar-refractivity contribution in [3.05, 3.63) is 40.8 Å². The molecule has 0 bridgehead atoms. The Kier molecular flexibility index (Phi) is 4.23. The summed E-state index contributed by atoms with van der Waals surface area (Å²) >= 11 is 0. The Morgan fingerprint density at radius 1 is 1.33 bits per heavy atom. The molecule has 2 rings (SSSR count). The summed E-state index contributed by atoms with van der Waals surface area (Å²) in [5.41, 5.74) is 9.27. The van der Waals surface area contributed by atoms with E-state index in [9.17, 15) is 4.57 Å². The second-order valence-electron chi connectivity index (χ2n) is 3.77. The topological polar surface area (TPSA) is 90.3 Å². The number of anilines is 1. The van der Waals surface area contributed by atoms with E-state index in [0.29, 0.717) is 32.0 Å². The summed E-state index contributed by atoms with van der Waals surface area (Å²) in [5.74, 6) is 0. The van der Waals surface area contributed by atoms with Crippen molar-refractivity contribution in [1.29, 1.82) is 0 Å². The molecule has 1 N–H and O–H groups in total. The van der Waals surface area contributed by atoms with Crippen LogP contribution in [-0.4, -0.2) is 31.0 Å². The van der Waals surface area contributed by atoms with E-state index in [2.05, 4.69) is 14.9 Å². The molecule has 1 saturated heterocycles. The minimum Gasteiger partial charge on any atom is -0.379 e. The van der Waals surface area contributed by atoms with Crippen LogP contribution in [0.2, 0.25) is 0 Å². The fraction of sp³-hybridized carbons (Fsp3) is 0.400. The molecule has 0 amide bonds. The van der Waals surface area contributed by atoms with Gasteiger partial charge in [-0.05, 0) is 17.7 Å². The number of nitrogens with zero attached hydrogens (tertiary/aromatic N) is 4. The molecule has 0 spiro atoms. The van der Waals surface area contributed by atoms with Crippen molar-refractivity contribution in [3.8, 4) is 0 Å². The molecule has 0 aromatic heterocycles. The van der Waals surface area contributed by atoms with Gasteiger partial charge in [0.05, 0.1) is 13.2 Å². The summed E-state index contributed by atoms with van der Waals surface area (Å²) in [5, 5.41) is 2.83. The molecule has 1 aromatic carbocycles. The van der Waals surface area contributed by atoms with Crippen molar-refractivity contribution in [3.63, 3.8) is 0 Å². The number of benzene rings is 1. The molecule has 7 nitrogen and oxygen atoms in total. The number of hydrogen-bond acceptors (Lipinski definition) is 2. The Balaban J connectivity index is 2.21. The monoisotopic (exact) mass is 267 g/mol. The van der Waals surface area contributed by atoms with Gasteiger partial charge in [-0.15, -0.1) is 0 Å². The van der Waals surface area contributed by atoms with Crippen LogP contribution in [0.25, 0.3) is 10.4 Å². The molecule has 1 aliphatic heterocycles. The van der Waals surface area contributed by atoms with Crippen LogP contribution < -0.4 is 5.09 Å². The first-order chi connectivity index (χ1) is 8.74. The SMILES string of the molecule is [N-]=[N+]=NP(=O)(Nc1ccccc1)N1CCOCC1. The average molecular weight is 267 g/mol. The zero-order valence-corrected chi connectivity index (χ0v) is 10.7. The number of rotatable bonds is 4. The van der Waals surface area contributed by atoms with E-state index in [1.165, 1.54) is 0 Å². The average Bonchev–Trinajstić information content (AvgIpc) is 2.41. The Morgan fingerprint density at radius 3 is 2.61 bits per heavy atom.